The number of carbonyl (C=O) groups is 1. The smallest absolute Gasteiger partial charge is 0.260 e. The SMILES string of the molecule is C/C(=N/Nc1cccc(Cl)c1)c1ccc(OCC(=O)N2CCCC2)cc1. The van der Waals surface area contributed by atoms with Crippen molar-refractivity contribution in [2.24, 2.45) is 5.10 Å². The Morgan fingerprint density at radius 3 is 2.62 bits per heavy atom. The zero-order valence-corrected chi connectivity index (χ0v) is 15.5. The molecule has 3 rings (SSSR count). The highest BCUT2D eigenvalue weighted by Gasteiger charge is 2.18. The fraction of sp³-hybridized carbons (Fsp3) is 0.300. The summed E-state index contributed by atoms with van der Waals surface area (Å²) in [7, 11) is 0. The molecule has 0 atom stereocenters. The van der Waals surface area contributed by atoms with E-state index in [9.17, 15) is 4.79 Å². The molecule has 1 N–H and O–H groups in total. The highest BCUT2D eigenvalue weighted by Crippen LogP contribution is 2.16. The Kier molecular flexibility index (Phi) is 6.12. The number of benzene rings is 2. The molecule has 0 spiro atoms. The van der Waals surface area contributed by atoms with Crippen molar-refractivity contribution in [3.05, 3.63) is 59.1 Å². The molecule has 26 heavy (non-hydrogen) atoms. The van der Waals surface area contributed by atoms with Crippen LogP contribution in [0.25, 0.3) is 0 Å². The van der Waals surface area contributed by atoms with Crippen LogP contribution in [0.5, 0.6) is 5.75 Å². The molecule has 5 nitrogen and oxygen atoms in total. The molecule has 1 heterocycles. The molecule has 1 aliphatic rings. The second-order valence-electron chi connectivity index (χ2n) is 6.22. The fourth-order valence-corrected chi connectivity index (χ4v) is 2.96. The number of hydrogen-bond acceptors (Lipinski definition) is 4. The average molecular weight is 372 g/mol. The molecule has 6 heteroatoms. The first-order chi connectivity index (χ1) is 12.6. The van der Waals surface area contributed by atoms with Gasteiger partial charge in [-0.15, -0.1) is 0 Å². The Bertz CT molecular complexity index is 784. The van der Waals surface area contributed by atoms with Crippen molar-refractivity contribution < 1.29 is 9.53 Å². The van der Waals surface area contributed by atoms with E-state index in [1.54, 1.807) is 0 Å². The Morgan fingerprint density at radius 2 is 1.92 bits per heavy atom. The number of ether oxygens (including phenoxy) is 1. The molecule has 2 aromatic rings. The second kappa shape index (κ2) is 8.72. The number of likely N-dealkylation sites (tertiary alicyclic amines) is 1. The maximum absolute atomic E-state index is 12.0. The summed E-state index contributed by atoms with van der Waals surface area (Å²) in [5.74, 6) is 0.729. The molecule has 1 aliphatic heterocycles. The van der Waals surface area contributed by atoms with Crippen molar-refractivity contribution in [1.82, 2.24) is 4.90 Å². The summed E-state index contributed by atoms with van der Waals surface area (Å²) in [5.41, 5.74) is 5.63. The van der Waals surface area contributed by atoms with Crippen molar-refractivity contribution in [1.29, 1.82) is 0 Å². The van der Waals surface area contributed by atoms with E-state index < -0.39 is 0 Å². The number of nitrogens with one attached hydrogen (secondary N) is 1. The van der Waals surface area contributed by atoms with E-state index in [0.29, 0.717) is 10.8 Å². The van der Waals surface area contributed by atoms with Gasteiger partial charge < -0.3 is 9.64 Å². The first kappa shape index (κ1) is 18.3. The Morgan fingerprint density at radius 1 is 1.19 bits per heavy atom. The minimum atomic E-state index is 0.0510. The quantitative estimate of drug-likeness (QED) is 0.612. The lowest BCUT2D eigenvalue weighted by molar-refractivity contribution is -0.132. The number of amides is 1. The largest absolute Gasteiger partial charge is 0.484 e. The van der Waals surface area contributed by atoms with Crippen LogP contribution in [-0.2, 0) is 4.79 Å². The van der Waals surface area contributed by atoms with Crippen LogP contribution >= 0.6 is 11.6 Å². The molecular weight excluding hydrogens is 350 g/mol. The molecule has 1 amide bonds. The van der Waals surface area contributed by atoms with E-state index in [2.05, 4.69) is 10.5 Å². The van der Waals surface area contributed by atoms with Crippen molar-refractivity contribution in [3.63, 3.8) is 0 Å². The third kappa shape index (κ3) is 4.99. The van der Waals surface area contributed by atoms with Crippen LogP contribution in [-0.4, -0.2) is 36.2 Å². The van der Waals surface area contributed by atoms with Gasteiger partial charge >= 0.3 is 0 Å². The van der Waals surface area contributed by atoms with Crippen molar-refractivity contribution in [3.8, 4) is 5.75 Å². The molecule has 136 valence electrons. The summed E-state index contributed by atoms with van der Waals surface area (Å²) < 4.78 is 5.60. The van der Waals surface area contributed by atoms with E-state index in [4.69, 9.17) is 16.3 Å². The maximum atomic E-state index is 12.0. The van der Waals surface area contributed by atoms with E-state index in [0.717, 1.165) is 42.9 Å². The van der Waals surface area contributed by atoms with Gasteiger partial charge in [-0.05, 0) is 67.8 Å². The van der Waals surface area contributed by atoms with Gasteiger partial charge in [-0.3, -0.25) is 10.2 Å². The number of carbonyl (C=O) groups excluding carboxylic acids is 1. The van der Waals surface area contributed by atoms with Gasteiger partial charge in [0.2, 0.25) is 0 Å². The molecule has 0 aliphatic carbocycles. The van der Waals surface area contributed by atoms with Crippen LogP contribution in [0.15, 0.2) is 53.6 Å². The monoisotopic (exact) mass is 371 g/mol. The molecule has 0 saturated carbocycles. The predicted molar refractivity (Wildman–Crippen MR) is 105 cm³/mol. The van der Waals surface area contributed by atoms with Crippen LogP contribution in [0.2, 0.25) is 5.02 Å². The standard InChI is InChI=1S/C20H22ClN3O2/c1-15(22-23-18-6-4-5-17(21)13-18)16-7-9-19(10-8-16)26-14-20(25)24-11-2-3-12-24/h4-10,13,23H,2-3,11-12,14H2,1H3/b22-15-. The minimum Gasteiger partial charge on any atom is -0.484 e. The number of anilines is 1. The number of nitrogens with zero attached hydrogens (tertiary/aromatic N) is 2. The third-order valence-corrected chi connectivity index (χ3v) is 4.51. The summed E-state index contributed by atoms with van der Waals surface area (Å²) in [6, 6.07) is 14.9. The summed E-state index contributed by atoms with van der Waals surface area (Å²) in [4.78, 5) is 13.9. The summed E-state index contributed by atoms with van der Waals surface area (Å²) in [6.45, 7) is 3.69. The summed E-state index contributed by atoms with van der Waals surface area (Å²) in [6.07, 6.45) is 2.17. The normalized spacial score (nSPS) is 14.4. The van der Waals surface area contributed by atoms with E-state index in [1.165, 1.54) is 0 Å². The van der Waals surface area contributed by atoms with Crippen molar-refractivity contribution in [2.45, 2.75) is 19.8 Å². The Labute approximate surface area is 158 Å². The topological polar surface area (TPSA) is 53.9 Å². The number of hydrogen-bond donors (Lipinski definition) is 1. The molecular formula is C20H22ClN3O2. The van der Waals surface area contributed by atoms with Crippen LogP contribution in [0.1, 0.15) is 25.3 Å². The Balaban J connectivity index is 1.54. The van der Waals surface area contributed by atoms with Gasteiger partial charge in [0.05, 0.1) is 11.4 Å². The van der Waals surface area contributed by atoms with Crippen LogP contribution in [0.3, 0.4) is 0 Å². The molecule has 0 aromatic heterocycles. The van der Waals surface area contributed by atoms with E-state index >= 15 is 0 Å². The van der Waals surface area contributed by atoms with Crippen LogP contribution < -0.4 is 10.2 Å². The molecule has 1 saturated heterocycles. The Hall–Kier alpha value is -2.53. The number of hydrazone groups is 1. The lowest BCUT2D eigenvalue weighted by Crippen LogP contribution is -2.32. The van der Waals surface area contributed by atoms with Gasteiger partial charge in [0.15, 0.2) is 6.61 Å². The van der Waals surface area contributed by atoms with Crippen LogP contribution in [0, 0.1) is 0 Å². The van der Waals surface area contributed by atoms with E-state index in [1.807, 2.05) is 60.4 Å². The zero-order chi connectivity index (χ0) is 18.4. The molecule has 2 aromatic carbocycles. The number of rotatable bonds is 6. The minimum absolute atomic E-state index is 0.0510. The zero-order valence-electron chi connectivity index (χ0n) is 14.7. The molecule has 0 radical (unpaired) electrons. The molecule has 1 fully saturated rings. The lowest BCUT2D eigenvalue weighted by atomic mass is 10.1. The fourth-order valence-electron chi connectivity index (χ4n) is 2.77. The van der Waals surface area contributed by atoms with Gasteiger partial charge in [-0.25, -0.2) is 0 Å². The van der Waals surface area contributed by atoms with Gasteiger partial charge in [-0.1, -0.05) is 17.7 Å². The highest BCUT2D eigenvalue weighted by molar-refractivity contribution is 6.30. The van der Waals surface area contributed by atoms with Crippen LogP contribution in [0.4, 0.5) is 5.69 Å². The number of halogens is 1. The van der Waals surface area contributed by atoms with Gasteiger partial charge in [-0.2, -0.15) is 5.10 Å². The maximum Gasteiger partial charge on any atom is 0.260 e. The van der Waals surface area contributed by atoms with Gasteiger partial charge in [0, 0.05) is 18.1 Å². The van der Waals surface area contributed by atoms with Gasteiger partial charge in [0.25, 0.3) is 5.91 Å². The average Bonchev–Trinajstić information content (AvgIpc) is 3.19. The first-order valence-corrected chi connectivity index (χ1v) is 9.06. The van der Waals surface area contributed by atoms with Crippen molar-refractivity contribution in [2.75, 3.05) is 25.1 Å². The second-order valence-corrected chi connectivity index (χ2v) is 6.66. The summed E-state index contributed by atoms with van der Waals surface area (Å²) >= 11 is 5.96. The lowest BCUT2D eigenvalue weighted by Gasteiger charge is -2.15. The van der Waals surface area contributed by atoms with Crippen molar-refractivity contribution >= 4 is 28.9 Å². The highest BCUT2D eigenvalue weighted by atomic mass is 35.5. The van der Waals surface area contributed by atoms with E-state index in [-0.39, 0.29) is 12.5 Å². The molecule has 0 unspecified atom stereocenters. The first-order valence-electron chi connectivity index (χ1n) is 8.69. The predicted octanol–water partition coefficient (Wildman–Crippen LogP) is 4.18. The molecule has 0 bridgehead atoms. The van der Waals surface area contributed by atoms with Gasteiger partial charge in [0.1, 0.15) is 5.75 Å². The third-order valence-electron chi connectivity index (χ3n) is 4.27. The summed E-state index contributed by atoms with van der Waals surface area (Å²) in [5, 5.41) is 5.03.